The summed E-state index contributed by atoms with van der Waals surface area (Å²) < 4.78 is 26.6. The van der Waals surface area contributed by atoms with Gasteiger partial charge in [0.1, 0.15) is 5.69 Å². The SMILES string of the molecule is O=C1CCCCN1CCN1CCC(Cn2cnc(C(F)F)cc2=O)CC1. The zero-order chi connectivity index (χ0) is 18.5. The lowest BCUT2D eigenvalue weighted by Gasteiger charge is -2.34. The van der Waals surface area contributed by atoms with Crippen molar-refractivity contribution in [1.82, 2.24) is 19.4 Å². The molecule has 2 saturated heterocycles. The van der Waals surface area contributed by atoms with Crippen molar-refractivity contribution in [3.63, 3.8) is 0 Å². The summed E-state index contributed by atoms with van der Waals surface area (Å²) in [5.41, 5.74) is -0.880. The monoisotopic (exact) mass is 368 g/mol. The Morgan fingerprint density at radius 3 is 2.54 bits per heavy atom. The van der Waals surface area contributed by atoms with Crippen LogP contribution in [-0.2, 0) is 11.3 Å². The number of hydrogen-bond acceptors (Lipinski definition) is 4. The molecule has 3 rings (SSSR count). The van der Waals surface area contributed by atoms with Crippen LogP contribution < -0.4 is 5.56 Å². The molecule has 8 heteroatoms. The lowest BCUT2D eigenvalue weighted by Crippen LogP contribution is -2.43. The lowest BCUT2D eigenvalue weighted by atomic mass is 9.96. The number of alkyl halides is 2. The zero-order valence-electron chi connectivity index (χ0n) is 14.9. The van der Waals surface area contributed by atoms with Crippen molar-refractivity contribution in [1.29, 1.82) is 0 Å². The average Bonchev–Trinajstić information content (AvgIpc) is 2.64. The first-order chi connectivity index (χ1) is 12.5. The maximum absolute atomic E-state index is 12.6. The molecule has 2 aliphatic rings. The molecule has 26 heavy (non-hydrogen) atoms. The van der Waals surface area contributed by atoms with Gasteiger partial charge in [-0.25, -0.2) is 13.8 Å². The van der Waals surface area contributed by atoms with Gasteiger partial charge in [0.25, 0.3) is 12.0 Å². The molecule has 1 amide bonds. The summed E-state index contributed by atoms with van der Waals surface area (Å²) in [6, 6.07) is 0.926. The lowest BCUT2D eigenvalue weighted by molar-refractivity contribution is -0.133. The Balaban J connectivity index is 1.44. The summed E-state index contributed by atoms with van der Waals surface area (Å²) >= 11 is 0. The van der Waals surface area contributed by atoms with Crippen LogP contribution >= 0.6 is 0 Å². The van der Waals surface area contributed by atoms with Crippen LogP contribution in [0.3, 0.4) is 0 Å². The Morgan fingerprint density at radius 1 is 1.12 bits per heavy atom. The molecule has 0 spiro atoms. The van der Waals surface area contributed by atoms with Gasteiger partial charge in [-0.15, -0.1) is 0 Å². The van der Waals surface area contributed by atoms with Crippen molar-refractivity contribution in [3.05, 3.63) is 28.4 Å². The second kappa shape index (κ2) is 8.70. The number of hydrogen-bond donors (Lipinski definition) is 0. The molecule has 0 radical (unpaired) electrons. The molecule has 1 aromatic rings. The van der Waals surface area contributed by atoms with Crippen LogP contribution in [0.25, 0.3) is 0 Å². The van der Waals surface area contributed by atoms with Gasteiger partial charge in [0.15, 0.2) is 0 Å². The highest BCUT2D eigenvalue weighted by Gasteiger charge is 2.22. The molecule has 0 saturated carbocycles. The van der Waals surface area contributed by atoms with Crippen molar-refractivity contribution in [2.75, 3.05) is 32.7 Å². The number of nitrogens with zero attached hydrogens (tertiary/aromatic N) is 4. The summed E-state index contributed by atoms with van der Waals surface area (Å²) in [4.78, 5) is 31.8. The minimum atomic E-state index is -2.72. The van der Waals surface area contributed by atoms with Gasteiger partial charge in [0, 0.05) is 38.7 Å². The quantitative estimate of drug-likeness (QED) is 0.770. The molecule has 1 aromatic heterocycles. The molecular weight excluding hydrogens is 342 g/mol. The fourth-order valence-electron chi connectivity index (χ4n) is 3.73. The van der Waals surface area contributed by atoms with Gasteiger partial charge in [-0.2, -0.15) is 0 Å². The van der Waals surface area contributed by atoms with Gasteiger partial charge in [0.2, 0.25) is 5.91 Å². The average molecular weight is 368 g/mol. The molecule has 0 unspecified atom stereocenters. The van der Waals surface area contributed by atoms with E-state index in [2.05, 4.69) is 9.88 Å². The van der Waals surface area contributed by atoms with Crippen LogP contribution in [-0.4, -0.2) is 58.0 Å². The summed E-state index contributed by atoms with van der Waals surface area (Å²) in [6.45, 7) is 4.95. The van der Waals surface area contributed by atoms with Crippen LogP contribution in [0.4, 0.5) is 8.78 Å². The molecule has 2 fully saturated rings. The summed E-state index contributed by atoms with van der Waals surface area (Å²) in [5, 5.41) is 0. The normalized spacial score (nSPS) is 20.1. The predicted octanol–water partition coefficient (Wildman–Crippen LogP) is 1.91. The topological polar surface area (TPSA) is 58.4 Å². The third-order valence-corrected chi connectivity index (χ3v) is 5.39. The molecule has 144 valence electrons. The maximum atomic E-state index is 12.6. The molecule has 3 heterocycles. The molecule has 0 atom stereocenters. The van der Waals surface area contributed by atoms with E-state index in [1.807, 2.05) is 4.90 Å². The van der Waals surface area contributed by atoms with Gasteiger partial charge in [-0.1, -0.05) is 0 Å². The van der Waals surface area contributed by atoms with E-state index >= 15 is 0 Å². The van der Waals surface area contributed by atoms with E-state index in [-0.39, 0.29) is 5.91 Å². The smallest absolute Gasteiger partial charge is 0.280 e. The Hall–Kier alpha value is -1.83. The highest BCUT2D eigenvalue weighted by atomic mass is 19.3. The van der Waals surface area contributed by atoms with E-state index in [1.54, 1.807) is 0 Å². The van der Waals surface area contributed by atoms with E-state index in [1.165, 1.54) is 10.9 Å². The number of piperidine rings is 2. The molecule has 0 aliphatic carbocycles. The van der Waals surface area contributed by atoms with Gasteiger partial charge < -0.3 is 9.80 Å². The van der Waals surface area contributed by atoms with Gasteiger partial charge >= 0.3 is 0 Å². The van der Waals surface area contributed by atoms with Crippen LogP contribution in [0.5, 0.6) is 0 Å². The standard InChI is InChI=1S/C18H26F2N4O2/c19-18(20)15-11-17(26)24(13-21-15)12-14-4-7-22(8-5-14)9-10-23-6-2-1-3-16(23)25/h11,13-14,18H,1-10,12H2. The molecule has 0 aromatic carbocycles. The highest BCUT2D eigenvalue weighted by Crippen LogP contribution is 2.19. The van der Waals surface area contributed by atoms with Crippen LogP contribution in [0.15, 0.2) is 17.2 Å². The van der Waals surface area contributed by atoms with Gasteiger partial charge in [0.05, 0.1) is 6.33 Å². The fraction of sp³-hybridized carbons (Fsp3) is 0.722. The third-order valence-electron chi connectivity index (χ3n) is 5.39. The first kappa shape index (κ1) is 18.9. The molecular formula is C18H26F2N4O2. The fourth-order valence-corrected chi connectivity index (χ4v) is 3.73. The van der Waals surface area contributed by atoms with Gasteiger partial charge in [-0.05, 0) is 44.7 Å². The van der Waals surface area contributed by atoms with Crippen LogP contribution in [0, 0.1) is 5.92 Å². The molecule has 2 aliphatic heterocycles. The number of likely N-dealkylation sites (tertiary alicyclic amines) is 2. The first-order valence-corrected chi connectivity index (χ1v) is 9.37. The minimum Gasteiger partial charge on any atom is -0.341 e. The summed E-state index contributed by atoms with van der Waals surface area (Å²) in [5.74, 6) is 0.616. The van der Waals surface area contributed by atoms with Crippen molar-refractivity contribution in [3.8, 4) is 0 Å². The van der Waals surface area contributed by atoms with Crippen molar-refractivity contribution < 1.29 is 13.6 Å². The second-order valence-corrected chi connectivity index (χ2v) is 7.23. The maximum Gasteiger partial charge on any atom is 0.280 e. The number of aromatic nitrogens is 2. The van der Waals surface area contributed by atoms with E-state index in [0.717, 1.165) is 64.5 Å². The number of carbonyl (C=O) groups is 1. The predicted molar refractivity (Wildman–Crippen MR) is 93.0 cm³/mol. The summed E-state index contributed by atoms with van der Waals surface area (Å²) in [6.07, 6.45) is 3.21. The molecule has 0 bridgehead atoms. The van der Waals surface area contributed by atoms with E-state index in [9.17, 15) is 18.4 Å². The van der Waals surface area contributed by atoms with E-state index in [4.69, 9.17) is 0 Å². The minimum absolute atomic E-state index is 0.269. The zero-order valence-corrected chi connectivity index (χ0v) is 14.9. The number of carbonyl (C=O) groups excluding carboxylic acids is 1. The second-order valence-electron chi connectivity index (χ2n) is 7.23. The van der Waals surface area contributed by atoms with E-state index < -0.39 is 17.7 Å². The van der Waals surface area contributed by atoms with Crippen LogP contribution in [0.1, 0.15) is 44.2 Å². The Bertz CT molecular complexity index is 671. The van der Waals surface area contributed by atoms with Crippen LogP contribution in [0.2, 0.25) is 0 Å². The van der Waals surface area contributed by atoms with Crippen molar-refractivity contribution in [2.24, 2.45) is 5.92 Å². The van der Waals surface area contributed by atoms with Crippen molar-refractivity contribution in [2.45, 2.75) is 45.1 Å². The number of amides is 1. The number of halogens is 2. The van der Waals surface area contributed by atoms with Gasteiger partial charge in [-0.3, -0.25) is 14.2 Å². The van der Waals surface area contributed by atoms with E-state index in [0.29, 0.717) is 18.9 Å². The number of rotatable bonds is 6. The Kier molecular flexibility index (Phi) is 6.34. The molecule has 6 nitrogen and oxygen atoms in total. The first-order valence-electron chi connectivity index (χ1n) is 9.37. The summed E-state index contributed by atoms with van der Waals surface area (Å²) in [7, 11) is 0. The Morgan fingerprint density at radius 2 is 1.88 bits per heavy atom. The molecule has 0 N–H and O–H groups in total. The Labute approximate surface area is 151 Å². The van der Waals surface area contributed by atoms with Crippen molar-refractivity contribution >= 4 is 5.91 Å². The highest BCUT2D eigenvalue weighted by molar-refractivity contribution is 5.76. The largest absolute Gasteiger partial charge is 0.341 e. The third kappa shape index (κ3) is 4.87.